The third-order valence-corrected chi connectivity index (χ3v) is 4.06. The summed E-state index contributed by atoms with van der Waals surface area (Å²) in [6.45, 7) is 2.12. The Morgan fingerprint density at radius 2 is 1.80 bits per heavy atom. The van der Waals surface area contributed by atoms with Gasteiger partial charge < -0.3 is 4.74 Å². The van der Waals surface area contributed by atoms with E-state index in [1.54, 1.807) is 0 Å². The van der Waals surface area contributed by atoms with Crippen LogP contribution >= 0.6 is 0 Å². The molecule has 98 valence electrons. The first-order chi connectivity index (χ1) is 9.81. The largest absolute Gasteiger partial charge is 0.485 e. The summed E-state index contributed by atoms with van der Waals surface area (Å²) in [5, 5.41) is 0. The van der Waals surface area contributed by atoms with Gasteiger partial charge in [0.05, 0.1) is 0 Å². The molecule has 2 aromatic carbocycles. The monoisotopic (exact) mass is 260 g/mol. The van der Waals surface area contributed by atoms with Crippen molar-refractivity contribution in [1.82, 2.24) is 0 Å². The molecule has 0 amide bonds. The van der Waals surface area contributed by atoms with Gasteiger partial charge in [0.25, 0.3) is 0 Å². The molecule has 1 nitrogen and oxygen atoms in total. The van der Waals surface area contributed by atoms with Gasteiger partial charge in [-0.3, -0.25) is 0 Å². The fourth-order valence-electron chi connectivity index (χ4n) is 2.95. The van der Waals surface area contributed by atoms with Gasteiger partial charge in [-0.15, -0.1) is 0 Å². The summed E-state index contributed by atoms with van der Waals surface area (Å²) >= 11 is 0. The molecule has 1 aliphatic heterocycles. The number of hydrogen-bond acceptors (Lipinski definition) is 1. The maximum Gasteiger partial charge on any atom is 0.128 e. The second kappa shape index (κ2) is 4.38. The summed E-state index contributed by atoms with van der Waals surface area (Å²) in [4.78, 5) is 0. The quantitative estimate of drug-likeness (QED) is 0.726. The summed E-state index contributed by atoms with van der Waals surface area (Å²) in [5.74, 6) is 1.02. The lowest BCUT2D eigenvalue weighted by molar-refractivity contribution is 0.279. The van der Waals surface area contributed by atoms with Gasteiger partial charge in [-0.25, -0.2) is 0 Å². The number of hydrogen-bond donors (Lipinski definition) is 0. The minimum absolute atomic E-state index is 0.196. The minimum atomic E-state index is 0.196. The van der Waals surface area contributed by atoms with Crippen molar-refractivity contribution in [1.29, 1.82) is 0 Å². The number of fused-ring (bicyclic) bond motifs is 3. The predicted octanol–water partition coefficient (Wildman–Crippen LogP) is 4.63. The number of ether oxygens (including phenoxy) is 1. The van der Waals surface area contributed by atoms with Crippen LogP contribution in [0.5, 0.6) is 5.75 Å². The van der Waals surface area contributed by atoms with E-state index in [1.807, 2.05) is 6.07 Å². The molecule has 1 aliphatic carbocycles. The number of allylic oxidation sites excluding steroid dienone is 2. The van der Waals surface area contributed by atoms with Crippen LogP contribution in [-0.4, -0.2) is 6.10 Å². The maximum absolute atomic E-state index is 6.00. The fourth-order valence-corrected chi connectivity index (χ4v) is 2.95. The van der Waals surface area contributed by atoms with Crippen molar-refractivity contribution in [3.8, 4) is 5.75 Å². The molecule has 1 unspecified atom stereocenters. The van der Waals surface area contributed by atoms with Crippen LogP contribution in [0.2, 0.25) is 0 Å². The Kier molecular flexibility index (Phi) is 2.53. The minimum Gasteiger partial charge on any atom is -0.485 e. The van der Waals surface area contributed by atoms with Crippen molar-refractivity contribution >= 4 is 11.1 Å². The van der Waals surface area contributed by atoms with Crippen LogP contribution < -0.4 is 4.74 Å². The molecule has 2 aromatic rings. The third-order valence-electron chi connectivity index (χ3n) is 4.06. The van der Waals surface area contributed by atoms with Crippen molar-refractivity contribution in [3.63, 3.8) is 0 Å². The highest BCUT2D eigenvalue weighted by molar-refractivity contribution is 5.90. The van der Waals surface area contributed by atoms with Gasteiger partial charge in [-0.1, -0.05) is 54.1 Å². The Balaban J connectivity index is 1.76. The zero-order valence-corrected chi connectivity index (χ0v) is 11.5. The molecular weight excluding hydrogens is 244 g/mol. The lowest BCUT2D eigenvalue weighted by Crippen LogP contribution is -2.13. The van der Waals surface area contributed by atoms with Crippen molar-refractivity contribution < 1.29 is 4.74 Å². The van der Waals surface area contributed by atoms with E-state index in [2.05, 4.69) is 61.5 Å². The SMILES string of the molecule is Cc1ccc(C2=CCC3Oc4ccccc4C3=C2)cc1. The molecule has 1 atom stereocenters. The van der Waals surface area contributed by atoms with E-state index in [4.69, 9.17) is 4.74 Å². The first kappa shape index (κ1) is 11.5. The van der Waals surface area contributed by atoms with E-state index in [0.717, 1.165) is 12.2 Å². The van der Waals surface area contributed by atoms with Crippen molar-refractivity contribution in [2.45, 2.75) is 19.4 Å². The van der Waals surface area contributed by atoms with Gasteiger partial charge in [-0.2, -0.15) is 0 Å². The molecular formula is C19H16O. The zero-order valence-electron chi connectivity index (χ0n) is 11.5. The number of aryl methyl sites for hydroxylation is 1. The smallest absolute Gasteiger partial charge is 0.128 e. The van der Waals surface area contributed by atoms with Gasteiger partial charge in [0.15, 0.2) is 0 Å². The number of para-hydroxylation sites is 1. The van der Waals surface area contributed by atoms with E-state index >= 15 is 0 Å². The summed E-state index contributed by atoms with van der Waals surface area (Å²) in [7, 11) is 0. The predicted molar refractivity (Wildman–Crippen MR) is 82.6 cm³/mol. The molecule has 0 saturated heterocycles. The molecule has 0 radical (unpaired) electrons. The average molecular weight is 260 g/mol. The fraction of sp³-hybridized carbons (Fsp3) is 0.158. The van der Waals surface area contributed by atoms with Crippen LogP contribution in [0.3, 0.4) is 0 Å². The molecule has 0 fully saturated rings. The van der Waals surface area contributed by atoms with Crippen molar-refractivity contribution in [2.24, 2.45) is 0 Å². The van der Waals surface area contributed by atoms with Gasteiger partial charge in [-0.05, 0) is 30.2 Å². The summed E-state index contributed by atoms with van der Waals surface area (Å²) in [6.07, 6.45) is 5.71. The first-order valence-corrected chi connectivity index (χ1v) is 7.06. The molecule has 0 bridgehead atoms. The molecule has 0 saturated carbocycles. The second-order valence-corrected chi connectivity index (χ2v) is 5.46. The number of benzene rings is 2. The van der Waals surface area contributed by atoms with Gasteiger partial charge in [0.1, 0.15) is 11.9 Å². The molecule has 0 aromatic heterocycles. The van der Waals surface area contributed by atoms with E-state index in [9.17, 15) is 0 Å². The molecule has 4 rings (SSSR count). The highest BCUT2D eigenvalue weighted by Crippen LogP contribution is 2.42. The Labute approximate surface area is 119 Å². The average Bonchev–Trinajstić information content (AvgIpc) is 2.86. The van der Waals surface area contributed by atoms with E-state index in [0.29, 0.717) is 0 Å². The molecule has 2 aliphatic rings. The lowest BCUT2D eigenvalue weighted by Gasteiger charge is -2.17. The van der Waals surface area contributed by atoms with Crippen LogP contribution in [0.1, 0.15) is 23.1 Å². The second-order valence-electron chi connectivity index (χ2n) is 5.46. The first-order valence-electron chi connectivity index (χ1n) is 7.06. The van der Waals surface area contributed by atoms with Crippen molar-refractivity contribution in [2.75, 3.05) is 0 Å². The van der Waals surface area contributed by atoms with E-state index in [1.165, 1.54) is 27.8 Å². The Hall–Kier alpha value is -2.28. The molecule has 1 heteroatoms. The summed E-state index contributed by atoms with van der Waals surface area (Å²) < 4.78 is 6.00. The van der Waals surface area contributed by atoms with E-state index in [-0.39, 0.29) is 6.10 Å². The van der Waals surface area contributed by atoms with Crippen LogP contribution in [0, 0.1) is 6.92 Å². The van der Waals surface area contributed by atoms with Gasteiger partial charge in [0, 0.05) is 17.6 Å². The highest BCUT2D eigenvalue weighted by Gasteiger charge is 2.29. The Bertz CT molecular complexity index is 720. The van der Waals surface area contributed by atoms with Crippen LogP contribution in [0.25, 0.3) is 11.1 Å². The van der Waals surface area contributed by atoms with Crippen molar-refractivity contribution in [3.05, 3.63) is 77.4 Å². The lowest BCUT2D eigenvalue weighted by atomic mass is 9.90. The van der Waals surface area contributed by atoms with Crippen LogP contribution in [0.4, 0.5) is 0 Å². The Morgan fingerprint density at radius 1 is 1.00 bits per heavy atom. The topological polar surface area (TPSA) is 9.23 Å². The molecule has 1 heterocycles. The van der Waals surface area contributed by atoms with E-state index < -0.39 is 0 Å². The van der Waals surface area contributed by atoms with Crippen LogP contribution in [0.15, 0.2) is 60.7 Å². The highest BCUT2D eigenvalue weighted by atomic mass is 16.5. The molecule has 20 heavy (non-hydrogen) atoms. The third kappa shape index (κ3) is 1.78. The molecule has 0 N–H and O–H groups in total. The number of rotatable bonds is 1. The van der Waals surface area contributed by atoms with Gasteiger partial charge >= 0.3 is 0 Å². The standard InChI is InChI=1S/C19H16O/c1-13-6-8-14(9-7-13)15-10-11-19-17(12-15)16-4-2-3-5-18(16)20-19/h2-10,12,19H,11H2,1H3. The molecule has 0 spiro atoms. The normalized spacial score (nSPS) is 19.6. The Morgan fingerprint density at radius 3 is 2.65 bits per heavy atom. The zero-order chi connectivity index (χ0) is 13.5. The summed E-state index contributed by atoms with van der Waals surface area (Å²) in [5.41, 5.74) is 6.45. The summed E-state index contributed by atoms with van der Waals surface area (Å²) in [6, 6.07) is 17.0. The van der Waals surface area contributed by atoms with Gasteiger partial charge in [0.2, 0.25) is 0 Å². The van der Waals surface area contributed by atoms with Crippen LogP contribution in [-0.2, 0) is 0 Å². The maximum atomic E-state index is 6.00.